The maximum atomic E-state index is 15.2. The lowest BCUT2D eigenvalue weighted by atomic mass is 9.86. The highest BCUT2D eigenvalue weighted by molar-refractivity contribution is 5.83. The highest BCUT2D eigenvalue weighted by Crippen LogP contribution is 2.30. The van der Waals surface area contributed by atoms with Crippen LogP contribution in [0.5, 0.6) is 0 Å². The molecule has 0 saturated heterocycles. The number of nitrogens with two attached hydrogens (primary N) is 1. The molecule has 0 aliphatic rings. The average molecular weight is 515 g/mol. The van der Waals surface area contributed by atoms with Crippen molar-refractivity contribution in [3.8, 4) is 17.1 Å². The summed E-state index contributed by atoms with van der Waals surface area (Å²) < 4.78 is 18.1. The number of aliphatic hydroxyl groups excluding tert-OH is 1. The molecule has 38 heavy (non-hydrogen) atoms. The smallest absolute Gasteiger partial charge is 0.265 e. The molecule has 0 bridgehead atoms. The fraction of sp³-hybridized carbons (Fsp3) is 0.222. The quantitative estimate of drug-likeness (QED) is 0.322. The van der Waals surface area contributed by atoms with Crippen LogP contribution < -0.4 is 16.6 Å². The molecular weight excluding hydrogens is 487 g/mol. The number of aryl methyl sites for hydroxylation is 1. The molecule has 0 saturated carbocycles. The standard InChI is InChI=1S/C27H27FN8O2/c1-27(2,3)16-10-15-8-9-36(24(38)22(15)20(28)11-16)21-7-5-6-18(19(21)14-37)23-32-25(29)34-26(33-23)31-17-12-30-35(4)13-17/h5-13,37H,14H2,1-4H3,(H3,29,31,32,33,34). The summed E-state index contributed by atoms with van der Waals surface area (Å²) in [5.74, 6) is -0.237. The van der Waals surface area contributed by atoms with Crippen molar-refractivity contribution < 1.29 is 9.50 Å². The Labute approximate surface area is 217 Å². The largest absolute Gasteiger partial charge is 0.392 e. The summed E-state index contributed by atoms with van der Waals surface area (Å²) in [6.07, 6.45) is 4.93. The van der Waals surface area contributed by atoms with Crippen LogP contribution in [0, 0.1) is 5.82 Å². The number of hydrogen-bond acceptors (Lipinski definition) is 8. The van der Waals surface area contributed by atoms with Crippen molar-refractivity contribution in [3.05, 3.63) is 82.3 Å². The van der Waals surface area contributed by atoms with Gasteiger partial charge in [0.1, 0.15) is 5.82 Å². The fourth-order valence-electron chi connectivity index (χ4n) is 4.31. The minimum Gasteiger partial charge on any atom is -0.392 e. The molecule has 0 aliphatic carbocycles. The molecule has 5 aromatic rings. The molecule has 0 aliphatic heterocycles. The third kappa shape index (κ3) is 4.59. The first-order valence-electron chi connectivity index (χ1n) is 11.9. The highest BCUT2D eigenvalue weighted by atomic mass is 19.1. The SMILES string of the molecule is Cn1cc(Nc2nc(N)nc(-c3cccc(-n4ccc5cc(C(C)(C)C)cc(F)c5c4=O)c3CO)n2)cn1. The molecule has 3 heterocycles. The minimum atomic E-state index is -0.593. The molecule has 194 valence electrons. The van der Waals surface area contributed by atoms with Crippen molar-refractivity contribution in [2.24, 2.45) is 7.05 Å². The second-order valence-corrected chi connectivity index (χ2v) is 9.99. The Kier molecular flexibility index (Phi) is 6.15. The monoisotopic (exact) mass is 514 g/mol. The van der Waals surface area contributed by atoms with Gasteiger partial charge in [0.2, 0.25) is 11.9 Å². The van der Waals surface area contributed by atoms with E-state index in [1.807, 2.05) is 26.8 Å². The van der Waals surface area contributed by atoms with Crippen LogP contribution >= 0.6 is 0 Å². The number of nitrogens with zero attached hydrogens (tertiary/aromatic N) is 6. The zero-order valence-corrected chi connectivity index (χ0v) is 21.4. The van der Waals surface area contributed by atoms with Gasteiger partial charge in [-0.1, -0.05) is 39.0 Å². The summed E-state index contributed by atoms with van der Waals surface area (Å²) in [5, 5.41) is 18.0. The number of rotatable bonds is 5. The number of nitrogens with one attached hydrogen (secondary N) is 1. The minimum absolute atomic E-state index is 0.0258. The Morgan fingerprint density at radius 2 is 1.92 bits per heavy atom. The van der Waals surface area contributed by atoms with Gasteiger partial charge in [0.05, 0.1) is 29.6 Å². The number of nitrogen functional groups attached to an aromatic ring is 1. The van der Waals surface area contributed by atoms with Crippen LogP contribution in [0.25, 0.3) is 27.8 Å². The van der Waals surface area contributed by atoms with Gasteiger partial charge in [-0.3, -0.25) is 14.0 Å². The number of pyridine rings is 1. The van der Waals surface area contributed by atoms with E-state index in [0.29, 0.717) is 27.9 Å². The summed E-state index contributed by atoms with van der Waals surface area (Å²) >= 11 is 0. The number of aliphatic hydroxyl groups is 1. The van der Waals surface area contributed by atoms with E-state index in [0.717, 1.165) is 5.56 Å². The van der Waals surface area contributed by atoms with Crippen LogP contribution in [0.2, 0.25) is 0 Å². The third-order valence-electron chi connectivity index (χ3n) is 6.25. The lowest BCUT2D eigenvalue weighted by molar-refractivity contribution is 0.282. The van der Waals surface area contributed by atoms with Crippen molar-refractivity contribution in [1.29, 1.82) is 0 Å². The summed E-state index contributed by atoms with van der Waals surface area (Å²) in [6, 6.07) is 10.0. The first-order valence-corrected chi connectivity index (χ1v) is 11.9. The summed E-state index contributed by atoms with van der Waals surface area (Å²) in [4.78, 5) is 26.3. The van der Waals surface area contributed by atoms with Gasteiger partial charge in [0.15, 0.2) is 5.82 Å². The molecule has 0 radical (unpaired) electrons. The molecule has 3 aromatic heterocycles. The van der Waals surface area contributed by atoms with Crippen molar-refractivity contribution in [2.45, 2.75) is 32.8 Å². The van der Waals surface area contributed by atoms with Gasteiger partial charge in [0, 0.05) is 30.6 Å². The first kappa shape index (κ1) is 25.0. The number of aromatic nitrogens is 6. The number of hydrogen-bond donors (Lipinski definition) is 3. The second kappa shape index (κ2) is 9.34. The first-order chi connectivity index (χ1) is 18.0. The fourth-order valence-corrected chi connectivity index (χ4v) is 4.31. The molecule has 2 aromatic carbocycles. The Balaban J connectivity index is 1.64. The van der Waals surface area contributed by atoms with E-state index in [2.05, 4.69) is 25.4 Å². The maximum Gasteiger partial charge on any atom is 0.265 e. The van der Waals surface area contributed by atoms with Gasteiger partial charge >= 0.3 is 0 Å². The summed E-state index contributed by atoms with van der Waals surface area (Å²) in [5.41, 5.74) is 7.78. The van der Waals surface area contributed by atoms with Crippen LogP contribution in [0.15, 0.2) is 59.8 Å². The van der Waals surface area contributed by atoms with Gasteiger partial charge in [-0.2, -0.15) is 20.1 Å². The third-order valence-corrected chi connectivity index (χ3v) is 6.25. The van der Waals surface area contributed by atoms with Crippen LogP contribution in [0.3, 0.4) is 0 Å². The Morgan fingerprint density at radius 1 is 1.13 bits per heavy atom. The zero-order valence-electron chi connectivity index (χ0n) is 21.4. The van der Waals surface area contributed by atoms with Crippen LogP contribution in [0.1, 0.15) is 31.9 Å². The highest BCUT2D eigenvalue weighted by Gasteiger charge is 2.20. The van der Waals surface area contributed by atoms with Crippen molar-refractivity contribution in [3.63, 3.8) is 0 Å². The van der Waals surface area contributed by atoms with E-state index < -0.39 is 18.0 Å². The summed E-state index contributed by atoms with van der Waals surface area (Å²) in [7, 11) is 1.78. The Bertz CT molecular complexity index is 1740. The number of fused-ring (bicyclic) bond motifs is 1. The lowest BCUT2D eigenvalue weighted by Crippen LogP contribution is -2.21. The van der Waals surface area contributed by atoms with Crippen molar-refractivity contribution in [1.82, 2.24) is 29.3 Å². The molecule has 5 rings (SSSR count). The predicted octanol–water partition coefficient (Wildman–Crippen LogP) is 3.83. The molecule has 0 amide bonds. The van der Waals surface area contributed by atoms with Crippen molar-refractivity contribution in [2.75, 3.05) is 11.1 Å². The number of benzene rings is 2. The molecule has 0 fully saturated rings. The summed E-state index contributed by atoms with van der Waals surface area (Å²) in [6.45, 7) is 5.52. The van der Waals surface area contributed by atoms with Gasteiger partial charge < -0.3 is 16.2 Å². The Morgan fingerprint density at radius 3 is 2.61 bits per heavy atom. The van der Waals surface area contributed by atoms with E-state index in [1.165, 1.54) is 10.6 Å². The second-order valence-electron chi connectivity index (χ2n) is 9.99. The topological polar surface area (TPSA) is 137 Å². The Hall–Kier alpha value is -4.64. The molecule has 0 atom stereocenters. The van der Waals surface area contributed by atoms with Crippen molar-refractivity contribution >= 4 is 28.4 Å². The molecule has 0 spiro atoms. The number of halogens is 1. The van der Waals surface area contributed by atoms with E-state index in [9.17, 15) is 9.90 Å². The zero-order chi connectivity index (χ0) is 27.2. The molecule has 10 nitrogen and oxygen atoms in total. The van der Waals surface area contributed by atoms with Gasteiger partial charge in [-0.15, -0.1) is 0 Å². The number of anilines is 3. The van der Waals surface area contributed by atoms with Gasteiger partial charge in [-0.25, -0.2) is 4.39 Å². The van der Waals surface area contributed by atoms with Gasteiger partial charge in [0.25, 0.3) is 5.56 Å². The molecule has 0 unspecified atom stereocenters. The lowest BCUT2D eigenvalue weighted by Gasteiger charge is -2.20. The average Bonchev–Trinajstić information content (AvgIpc) is 3.26. The molecular formula is C27H27FN8O2. The van der Waals surface area contributed by atoms with Gasteiger partial charge in [-0.05, 0) is 34.6 Å². The normalized spacial score (nSPS) is 11.7. The molecule has 11 heteroatoms. The molecule has 4 N–H and O–H groups in total. The van der Waals surface area contributed by atoms with Crippen LogP contribution in [-0.4, -0.2) is 34.4 Å². The van der Waals surface area contributed by atoms with E-state index in [-0.39, 0.29) is 28.5 Å². The van der Waals surface area contributed by atoms with Crippen LogP contribution in [0.4, 0.5) is 22.0 Å². The van der Waals surface area contributed by atoms with E-state index >= 15 is 4.39 Å². The van der Waals surface area contributed by atoms with E-state index in [1.54, 1.807) is 54.6 Å². The van der Waals surface area contributed by atoms with Crippen LogP contribution in [-0.2, 0) is 19.1 Å². The predicted molar refractivity (Wildman–Crippen MR) is 144 cm³/mol. The maximum absolute atomic E-state index is 15.2. The van der Waals surface area contributed by atoms with E-state index in [4.69, 9.17) is 5.73 Å².